The lowest BCUT2D eigenvalue weighted by Crippen LogP contribution is -2.52. The predicted octanol–water partition coefficient (Wildman–Crippen LogP) is 3.73. The molecule has 0 aliphatic carbocycles. The van der Waals surface area contributed by atoms with Crippen LogP contribution in [0.25, 0.3) is 11.1 Å². The molecule has 3 heterocycles. The zero-order valence-corrected chi connectivity index (χ0v) is 18.7. The Labute approximate surface area is 191 Å². The van der Waals surface area contributed by atoms with E-state index in [1.807, 2.05) is 34.1 Å². The van der Waals surface area contributed by atoms with Crippen molar-refractivity contribution in [1.29, 1.82) is 0 Å². The number of oxazole rings is 1. The Morgan fingerprint density at radius 1 is 0.970 bits per heavy atom. The number of carbonyl (C=O) groups is 2. The molecule has 0 atom stereocenters. The van der Waals surface area contributed by atoms with E-state index in [-0.39, 0.29) is 17.6 Å². The first kappa shape index (κ1) is 21.4. The molecule has 0 unspecified atom stereocenters. The van der Waals surface area contributed by atoms with Crippen molar-refractivity contribution < 1.29 is 18.4 Å². The van der Waals surface area contributed by atoms with Crippen LogP contribution in [0.1, 0.15) is 30.1 Å². The number of amides is 1. The van der Waals surface area contributed by atoms with Gasteiger partial charge in [0.25, 0.3) is 6.01 Å². The van der Waals surface area contributed by atoms with Crippen LogP contribution in [0.2, 0.25) is 0 Å². The lowest BCUT2D eigenvalue weighted by Gasteiger charge is -2.39. The Morgan fingerprint density at radius 3 is 2.36 bits per heavy atom. The fourth-order valence-corrected chi connectivity index (χ4v) is 4.72. The summed E-state index contributed by atoms with van der Waals surface area (Å²) in [5.41, 5.74) is 2.47. The van der Waals surface area contributed by atoms with Gasteiger partial charge in [-0.05, 0) is 50.1 Å². The summed E-state index contributed by atoms with van der Waals surface area (Å²) in [4.78, 5) is 35.1. The average molecular weight is 451 g/mol. The number of benzene rings is 2. The van der Waals surface area contributed by atoms with Crippen molar-refractivity contribution in [2.45, 2.75) is 19.8 Å². The number of nitrogens with zero attached hydrogens (tertiary/aromatic N) is 4. The molecular formula is C25H27FN4O3. The maximum Gasteiger partial charge on any atom is 0.298 e. The highest BCUT2D eigenvalue weighted by atomic mass is 19.1. The fourth-order valence-electron chi connectivity index (χ4n) is 4.72. The van der Waals surface area contributed by atoms with E-state index in [4.69, 9.17) is 4.42 Å². The molecule has 2 aliphatic rings. The first-order valence-corrected chi connectivity index (χ1v) is 11.4. The van der Waals surface area contributed by atoms with Crippen molar-refractivity contribution in [3.8, 4) is 0 Å². The van der Waals surface area contributed by atoms with Gasteiger partial charge in [-0.1, -0.05) is 12.1 Å². The van der Waals surface area contributed by atoms with Crippen LogP contribution in [0, 0.1) is 11.7 Å². The van der Waals surface area contributed by atoms with Crippen molar-refractivity contribution in [1.82, 2.24) is 9.88 Å². The number of para-hydroxylation sites is 2. The van der Waals surface area contributed by atoms with Crippen LogP contribution in [-0.2, 0) is 4.79 Å². The summed E-state index contributed by atoms with van der Waals surface area (Å²) in [5, 5.41) is 0. The number of halogens is 1. The molecule has 2 aliphatic heterocycles. The average Bonchev–Trinajstić information content (AvgIpc) is 3.28. The number of fused-ring (bicyclic) bond motifs is 1. The molecule has 1 amide bonds. The number of hydrogen-bond acceptors (Lipinski definition) is 6. The van der Waals surface area contributed by atoms with Crippen LogP contribution < -0.4 is 9.80 Å². The SMILES string of the molecule is CC(=O)c1ccc(N2CCN(C(=O)C3CCN(c4nc5ccccc5o4)CC3)CC2)c(F)c1. The van der Waals surface area contributed by atoms with Gasteiger partial charge in [0.2, 0.25) is 5.91 Å². The van der Waals surface area contributed by atoms with Crippen molar-refractivity contribution >= 4 is 34.5 Å². The van der Waals surface area contributed by atoms with Gasteiger partial charge in [0.05, 0.1) is 5.69 Å². The standard InChI is InChI=1S/C25H27FN4O3/c1-17(31)19-6-7-22(20(26)16-19)28-12-14-29(15-13-28)24(32)18-8-10-30(11-9-18)25-27-21-4-2-3-5-23(21)33-25/h2-7,16,18H,8-15H2,1H3. The molecule has 172 valence electrons. The number of piperidine rings is 1. The number of anilines is 2. The largest absolute Gasteiger partial charge is 0.423 e. The quantitative estimate of drug-likeness (QED) is 0.564. The number of carbonyl (C=O) groups excluding carboxylic acids is 2. The number of piperazine rings is 1. The Balaban J connectivity index is 1.15. The monoisotopic (exact) mass is 450 g/mol. The van der Waals surface area contributed by atoms with Crippen molar-refractivity contribution in [3.63, 3.8) is 0 Å². The lowest BCUT2D eigenvalue weighted by molar-refractivity contribution is -0.136. The van der Waals surface area contributed by atoms with Gasteiger partial charge in [-0.2, -0.15) is 4.98 Å². The molecular weight excluding hydrogens is 423 g/mol. The van der Waals surface area contributed by atoms with Crippen LogP contribution in [-0.4, -0.2) is 60.8 Å². The van der Waals surface area contributed by atoms with E-state index in [2.05, 4.69) is 9.88 Å². The summed E-state index contributed by atoms with van der Waals surface area (Å²) >= 11 is 0. The van der Waals surface area contributed by atoms with Gasteiger partial charge in [0.15, 0.2) is 11.4 Å². The maximum atomic E-state index is 14.5. The van der Waals surface area contributed by atoms with Crippen LogP contribution in [0.5, 0.6) is 0 Å². The second-order valence-electron chi connectivity index (χ2n) is 8.76. The molecule has 33 heavy (non-hydrogen) atoms. The van der Waals surface area contributed by atoms with Crippen molar-refractivity contribution in [3.05, 3.63) is 53.8 Å². The van der Waals surface area contributed by atoms with Gasteiger partial charge in [0.1, 0.15) is 11.3 Å². The molecule has 5 rings (SSSR count). The normalized spacial score (nSPS) is 17.6. The minimum Gasteiger partial charge on any atom is -0.423 e. The predicted molar refractivity (Wildman–Crippen MR) is 124 cm³/mol. The molecule has 0 radical (unpaired) electrons. The van der Waals surface area contributed by atoms with Gasteiger partial charge < -0.3 is 19.1 Å². The van der Waals surface area contributed by atoms with E-state index in [9.17, 15) is 14.0 Å². The highest BCUT2D eigenvalue weighted by Gasteiger charge is 2.32. The molecule has 2 aromatic carbocycles. The Kier molecular flexibility index (Phi) is 5.74. The Hall–Kier alpha value is -3.42. The molecule has 0 bridgehead atoms. The van der Waals surface area contributed by atoms with Crippen molar-refractivity contribution in [2.24, 2.45) is 5.92 Å². The number of rotatable bonds is 4. The molecule has 0 saturated carbocycles. The van der Waals surface area contributed by atoms with E-state index in [0.717, 1.165) is 37.0 Å². The third-order valence-electron chi connectivity index (χ3n) is 6.68. The number of aromatic nitrogens is 1. The van der Waals surface area contributed by atoms with Crippen LogP contribution in [0.4, 0.5) is 16.1 Å². The summed E-state index contributed by atoms with van der Waals surface area (Å²) in [6, 6.07) is 12.9. The summed E-state index contributed by atoms with van der Waals surface area (Å²) in [7, 11) is 0. The first-order chi connectivity index (χ1) is 16.0. The minimum absolute atomic E-state index is 0.0104. The van der Waals surface area contributed by atoms with Gasteiger partial charge in [-0.25, -0.2) is 4.39 Å². The molecule has 3 aromatic rings. The van der Waals surface area contributed by atoms with Gasteiger partial charge in [-0.15, -0.1) is 0 Å². The van der Waals surface area contributed by atoms with E-state index in [1.165, 1.54) is 13.0 Å². The molecule has 7 nitrogen and oxygen atoms in total. The van der Waals surface area contributed by atoms with Gasteiger partial charge >= 0.3 is 0 Å². The third kappa shape index (κ3) is 4.29. The number of Topliss-reactive ketones (excluding diaryl/α,β-unsaturated/α-hetero) is 1. The molecule has 2 fully saturated rings. The zero-order valence-electron chi connectivity index (χ0n) is 18.7. The maximum absolute atomic E-state index is 14.5. The summed E-state index contributed by atoms with van der Waals surface area (Å²) in [5.74, 6) is -0.380. The Bertz CT molecular complexity index is 1140. The van der Waals surface area contributed by atoms with Crippen LogP contribution >= 0.6 is 0 Å². The van der Waals surface area contributed by atoms with Crippen LogP contribution in [0.3, 0.4) is 0 Å². The molecule has 8 heteroatoms. The van der Waals surface area contributed by atoms with Crippen LogP contribution in [0.15, 0.2) is 46.9 Å². The summed E-state index contributed by atoms with van der Waals surface area (Å²) in [6.45, 7) is 5.17. The summed E-state index contributed by atoms with van der Waals surface area (Å²) in [6.07, 6.45) is 1.53. The van der Waals surface area contributed by atoms with Gasteiger partial charge in [-0.3, -0.25) is 9.59 Å². The highest BCUT2D eigenvalue weighted by Crippen LogP contribution is 2.28. The molecule has 2 saturated heterocycles. The molecule has 1 aromatic heterocycles. The van der Waals surface area contributed by atoms with Crippen molar-refractivity contribution in [2.75, 3.05) is 49.1 Å². The molecule has 0 spiro atoms. The smallest absolute Gasteiger partial charge is 0.298 e. The second-order valence-corrected chi connectivity index (χ2v) is 8.76. The number of ketones is 1. The zero-order chi connectivity index (χ0) is 22.9. The highest BCUT2D eigenvalue weighted by molar-refractivity contribution is 5.94. The van der Waals surface area contributed by atoms with E-state index in [1.54, 1.807) is 12.1 Å². The fraction of sp³-hybridized carbons (Fsp3) is 0.400. The first-order valence-electron chi connectivity index (χ1n) is 11.4. The second kappa shape index (κ2) is 8.84. The molecule has 0 N–H and O–H groups in total. The van der Waals surface area contributed by atoms with E-state index >= 15 is 0 Å². The topological polar surface area (TPSA) is 69.9 Å². The van der Waals surface area contributed by atoms with E-state index < -0.39 is 5.82 Å². The minimum atomic E-state index is -0.394. The lowest BCUT2D eigenvalue weighted by atomic mass is 9.95. The third-order valence-corrected chi connectivity index (χ3v) is 6.68. The van der Waals surface area contributed by atoms with Gasteiger partial charge in [0, 0.05) is 50.7 Å². The Morgan fingerprint density at radius 2 is 1.70 bits per heavy atom. The summed E-state index contributed by atoms with van der Waals surface area (Å²) < 4.78 is 20.4. The van der Waals surface area contributed by atoms with E-state index in [0.29, 0.717) is 43.4 Å². The number of hydrogen-bond donors (Lipinski definition) is 0.